The fourth-order valence-electron chi connectivity index (χ4n) is 9.57. The normalized spacial score (nSPS) is 15.5. The van der Waals surface area contributed by atoms with Crippen LogP contribution in [-0.2, 0) is 48.7 Å². The van der Waals surface area contributed by atoms with Gasteiger partial charge in [-0.15, -0.1) is 0 Å². The van der Waals surface area contributed by atoms with Gasteiger partial charge in [-0.05, 0) is 96.3 Å². The first-order valence-electron chi connectivity index (χ1n) is 32.5. The number of allylic oxidation sites excluding steroid dienone is 6. The van der Waals surface area contributed by atoms with Crippen LogP contribution in [0.2, 0.25) is 0 Å². The Morgan fingerprint density at radius 2 is 0.519 bits per heavy atom. The molecule has 0 amide bonds. The quantitative estimate of drug-likeness (QED) is 0.0248. The van der Waals surface area contributed by atoms with Crippen LogP contribution in [0, 0.1) is 0 Å². The van der Waals surface area contributed by atoms with Crippen molar-refractivity contribution in [3.63, 3.8) is 0 Å². The maximum Gasteiger partial charge on any atom is 0.931 e. The number of rotatable bonds is 61. The van der Waals surface area contributed by atoms with Crippen molar-refractivity contribution in [1.82, 2.24) is 0 Å². The monoisotopic (exact) mass is 1180 g/mol. The lowest BCUT2D eigenvalue weighted by atomic mass is 10.1. The summed E-state index contributed by atoms with van der Waals surface area (Å²) in [4.78, 5) is 0. The molecule has 450 valence electrons. The molecule has 77 heavy (non-hydrogen) atoms. The minimum Gasteiger partial charge on any atom is -0.364 e. The summed E-state index contributed by atoms with van der Waals surface area (Å²) in [6, 6.07) is 0. The van der Waals surface area contributed by atoms with Crippen LogP contribution >= 0.6 is 23.5 Å². The average Bonchev–Trinajstić information content (AvgIpc) is 3.40. The van der Waals surface area contributed by atoms with Gasteiger partial charge in [0.15, 0.2) is 0 Å². The van der Waals surface area contributed by atoms with Gasteiger partial charge in [0.1, 0.15) is 0 Å². The van der Waals surface area contributed by atoms with Crippen LogP contribution in [0.4, 0.5) is 0 Å². The van der Waals surface area contributed by atoms with E-state index in [9.17, 15) is 13.7 Å². The smallest absolute Gasteiger partial charge is 0.364 e. The first-order chi connectivity index (χ1) is 37.8. The fraction of sp³-hybridized carbons (Fsp3) is 0.900. The third-order valence-corrected chi connectivity index (χ3v) is 26.3. The van der Waals surface area contributed by atoms with Gasteiger partial charge in [-0.1, -0.05) is 269 Å². The topological polar surface area (TPSA) is 134 Å². The van der Waals surface area contributed by atoms with Gasteiger partial charge in [0.05, 0.1) is 19.8 Å². The van der Waals surface area contributed by atoms with Gasteiger partial charge in [-0.25, -0.2) is 13.7 Å². The van der Waals surface area contributed by atoms with Crippen LogP contribution < -0.4 is 0 Å². The van der Waals surface area contributed by atoms with Crippen LogP contribution in [0.1, 0.15) is 329 Å². The van der Waals surface area contributed by atoms with Crippen LogP contribution in [0.15, 0.2) is 36.5 Å². The molecule has 2 saturated heterocycles. The molecular formula is C60H117Al2O12P3. The van der Waals surface area contributed by atoms with Gasteiger partial charge in [-0.3, -0.25) is 13.6 Å². The van der Waals surface area contributed by atoms with Gasteiger partial charge in [0, 0.05) is 0 Å². The molecule has 0 aromatic heterocycles. The Labute approximate surface area is 484 Å². The Morgan fingerprint density at radius 3 is 0.766 bits per heavy atom. The van der Waals surface area contributed by atoms with E-state index in [-0.39, 0.29) is 19.8 Å². The number of phosphoric acid groups is 3. The summed E-state index contributed by atoms with van der Waals surface area (Å²) < 4.78 is 89.6. The lowest BCUT2D eigenvalue weighted by molar-refractivity contribution is 0.0826. The molecule has 0 radical (unpaired) electrons. The zero-order chi connectivity index (χ0) is 55.3. The van der Waals surface area contributed by atoms with Crippen molar-refractivity contribution < 1.29 is 48.7 Å². The molecule has 2 rings (SSSR count). The largest absolute Gasteiger partial charge is 0.931 e. The summed E-state index contributed by atoms with van der Waals surface area (Å²) in [6.07, 6.45) is 72.4. The molecule has 0 unspecified atom stereocenters. The first-order valence-corrected chi connectivity index (χ1v) is 39.8. The van der Waals surface area contributed by atoms with Crippen molar-refractivity contribution in [3.05, 3.63) is 36.5 Å². The summed E-state index contributed by atoms with van der Waals surface area (Å²) in [7, 11) is -12.0. The maximum absolute atomic E-state index is 13.9. The third kappa shape index (κ3) is 45.7. The SMILES string of the molecule is CCCCCCCCCC/C=C\CCCCCCCCOP1(=O)[O][Al]([O]P(=O)(OCCCCCCCC/C=C\CCCCCCCCCC)[O][Al]2[O]P(=O)(OCCCCCCCC/C=C\CCCCCCCCCC)[O]2)[O]1. The highest BCUT2D eigenvalue weighted by molar-refractivity contribution is 7.57. The molecule has 2 aliphatic rings. The van der Waals surface area contributed by atoms with Crippen LogP contribution in [0.5, 0.6) is 0 Å². The van der Waals surface area contributed by atoms with Gasteiger partial charge >= 0.3 is 53.8 Å². The van der Waals surface area contributed by atoms with E-state index in [0.717, 1.165) is 96.3 Å². The summed E-state index contributed by atoms with van der Waals surface area (Å²) in [5, 5.41) is 0. The van der Waals surface area contributed by atoms with Crippen LogP contribution in [-0.4, -0.2) is 50.1 Å². The predicted molar refractivity (Wildman–Crippen MR) is 325 cm³/mol. The average molecular weight is 1180 g/mol. The Hall–Kier alpha value is 0.615. The molecule has 17 heteroatoms. The number of hydrogen-bond donors (Lipinski definition) is 0. The Balaban J connectivity index is 1.61. The van der Waals surface area contributed by atoms with Crippen molar-refractivity contribution >= 4 is 53.8 Å². The second-order valence-corrected chi connectivity index (χ2v) is 31.7. The Morgan fingerprint density at radius 1 is 0.312 bits per heavy atom. The van der Waals surface area contributed by atoms with Crippen molar-refractivity contribution in [2.24, 2.45) is 0 Å². The molecule has 0 atom stereocenters. The van der Waals surface area contributed by atoms with Crippen molar-refractivity contribution in [2.45, 2.75) is 329 Å². The van der Waals surface area contributed by atoms with Crippen LogP contribution in [0.25, 0.3) is 0 Å². The molecule has 0 aromatic rings. The molecule has 0 spiro atoms. The van der Waals surface area contributed by atoms with Gasteiger partial charge in [-0.2, -0.15) is 0 Å². The predicted octanol–water partition coefficient (Wildman–Crippen LogP) is 22.9. The van der Waals surface area contributed by atoms with E-state index in [1.54, 1.807) is 0 Å². The second-order valence-electron chi connectivity index (χ2n) is 22.0. The summed E-state index contributed by atoms with van der Waals surface area (Å²) in [5.74, 6) is 0. The summed E-state index contributed by atoms with van der Waals surface area (Å²) >= 11 is -6.37. The third-order valence-electron chi connectivity index (χ3n) is 14.5. The highest BCUT2D eigenvalue weighted by atomic mass is 31.2. The molecule has 0 N–H and O–H groups in total. The maximum atomic E-state index is 13.9. The van der Waals surface area contributed by atoms with Gasteiger partial charge < -0.3 is 21.5 Å². The van der Waals surface area contributed by atoms with E-state index in [4.69, 9.17) is 35.0 Å². The number of unbranched alkanes of at least 4 members (excludes halogenated alkanes) is 42. The van der Waals surface area contributed by atoms with E-state index in [0.29, 0.717) is 6.42 Å². The zero-order valence-electron chi connectivity index (χ0n) is 49.9. The fourth-order valence-corrected chi connectivity index (χ4v) is 19.9. The minimum atomic E-state index is -4.35. The van der Waals surface area contributed by atoms with Crippen molar-refractivity contribution in [2.75, 3.05) is 19.8 Å². The first kappa shape index (κ1) is 73.7. The summed E-state index contributed by atoms with van der Waals surface area (Å²) in [6.45, 7) is 7.35. The molecule has 0 saturated carbocycles. The molecule has 0 aliphatic carbocycles. The van der Waals surface area contributed by atoms with Crippen molar-refractivity contribution in [1.29, 1.82) is 0 Å². The zero-order valence-corrected chi connectivity index (χ0v) is 54.9. The molecule has 2 fully saturated rings. The van der Waals surface area contributed by atoms with E-state index in [1.165, 1.54) is 205 Å². The standard InChI is InChI=1S/3C20H41O4P.2Al/c3*1-2-3-4-5-6-7-8-9-10-11-12-13-14-15-16-17-18-19-20-24-25(21,22)23;;/h3*11-12H,2-10,13-20H2,1H3,(H2,21,22,23);;/q;;;2*+3/p-6/b3*12-11-;;. The van der Waals surface area contributed by atoms with E-state index in [2.05, 4.69) is 57.2 Å². The lowest BCUT2D eigenvalue weighted by Crippen LogP contribution is -2.38. The molecule has 12 nitrogen and oxygen atoms in total. The van der Waals surface area contributed by atoms with Gasteiger partial charge in [0.2, 0.25) is 0 Å². The van der Waals surface area contributed by atoms with E-state index < -0.39 is 53.8 Å². The lowest BCUT2D eigenvalue weighted by Gasteiger charge is -2.34. The Bertz CT molecular complexity index is 1450. The molecular weight excluding hydrogens is 1060 g/mol. The Kier molecular flexibility index (Phi) is 51.1. The molecule has 2 aliphatic heterocycles. The van der Waals surface area contributed by atoms with Gasteiger partial charge in [0.25, 0.3) is 0 Å². The molecule has 2 heterocycles. The minimum absolute atomic E-state index is 0.0927. The highest BCUT2D eigenvalue weighted by Gasteiger charge is 2.65. The summed E-state index contributed by atoms with van der Waals surface area (Å²) in [5.41, 5.74) is 0. The van der Waals surface area contributed by atoms with Crippen LogP contribution in [0.3, 0.4) is 0 Å². The highest BCUT2D eigenvalue weighted by Crippen LogP contribution is 2.66. The second kappa shape index (κ2) is 53.3. The van der Waals surface area contributed by atoms with E-state index in [1.807, 2.05) is 0 Å². The van der Waals surface area contributed by atoms with E-state index >= 15 is 0 Å². The van der Waals surface area contributed by atoms with Crippen molar-refractivity contribution in [3.8, 4) is 0 Å². The molecule has 0 aromatic carbocycles. The molecule has 0 bridgehead atoms. The number of hydrogen-bond acceptors (Lipinski definition) is 12.